The highest BCUT2D eigenvalue weighted by Crippen LogP contribution is 2.28. The minimum absolute atomic E-state index is 0.187. The van der Waals surface area contributed by atoms with Gasteiger partial charge in [0.15, 0.2) is 5.13 Å². The SMILES string of the molecule is CCC(Nc1nc(C)c(C(=O)OC)s1)c1ccccc1. The number of ether oxygens (including phenoxy) is 1. The zero-order chi connectivity index (χ0) is 14.5. The predicted molar refractivity (Wildman–Crippen MR) is 81.3 cm³/mol. The van der Waals surface area contributed by atoms with Crippen molar-refractivity contribution in [3.63, 3.8) is 0 Å². The number of aromatic nitrogens is 1. The van der Waals surface area contributed by atoms with Gasteiger partial charge < -0.3 is 10.1 Å². The van der Waals surface area contributed by atoms with Crippen molar-refractivity contribution in [2.24, 2.45) is 0 Å². The van der Waals surface area contributed by atoms with Crippen LogP contribution < -0.4 is 5.32 Å². The molecule has 0 spiro atoms. The number of nitrogens with zero attached hydrogens (tertiary/aromatic N) is 1. The lowest BCUT2D eigenvalue weighted by Gasteiger charge is -2.16. The average molecular weight is 290 g/mol. The molecule has 0 bridgehead atoms. The van der Waals surface area contributed by atoms with Crippen molar-refractivity contribution in [1.82, 2.24) is 4.98 Å². The van der Waals surface area contributed by atoms with Crippen molar-refractivity contribution < 1.29 is 9.53 Å². The summed E-state index contributed by atoms with van der Waals surface area (Å²) in [6.07, 6.45) is 0.941. The van der Waals surface area contributed by atoms with E-state index in [4.69, 9.17) is 4.74 Å². The third kappa shape index (κ3) is 3.17. The van der Waals surface area contributed by atoms with Crippen LogP contribution in [0.1, 0.15) is 40.3 Å². The van der Waals surface area contributed by atoms with Crippen LogP contribution in [0.25, 0.3) is 0 Å². The van der Waals surface area contributed by atoms with E-state index >= 15 is 0 Å². The van der Waals surface area contributed by atoms with Gasteiger partial charge in [0.05, 0.1) is 18.8 Å². The van der Waals surface area contributed by atoms with Crippen LogP contribution >= 0.6 is 11.3 Å². The van der Waals surface area contributed by atoms with Crippen LogP contribution in [0, 0.1) is 6.92 Å². The molecule has 1 aromatic heterocycles. The molecule has 0 amide bonds. The number of methoxy groups -OCH3 is 1. The quantitative estimate of drug-likeness (QED) is 0.851. The average Bonchev–Trinajstić information content (AvgIpc) is 2.85. The molecular weight excluding hydrogens is 272 g/mol. The minimum atomic E-state index is -0.333. The van der Waals surface area contributed by atoms with Crippen molar-refractivity contribution in [3.05, 3.63) is 46.5 Å². The van der Waals surface area contributed by atoms with Crippen LogP contribution in [-0.2, 0) is 4.74 Å². The molecule has 0 radical (unpaired) electrons. The molecule has 1 unspecified atom stereocenters. The molecule has 1 heterocycles. The molecule has 5 heteroatoms. The third-order valence-electron chi connectivity index (χ3n) is 3.08. The number of anilines is 1. The van der Waals surface area contributed by atoms with E-state index in [1.807, 2.05) is 25.1 Å². The summed E-state index contributed by atoms with van der Waals surface area (Å²) in [6.45, 7) is 3.93. The Kier molecular flexibility index (Phi) is 4.74. The number of benzene rings is 1. The highest BCUT2D eigenvalue weighted by Gasteiger charge is 2.17. The Morgan fingerprint density at radius 2 is 2.10 bits per heavy atom. The van der Waals surface area contributed by atoms with Gasteiger partial charge in [0, 0.05) is 0 Å². The molecule has 2 rings (SSSR count). The van der Waals surface area contributed by atoms with Crippen molar-refractivity contribution >= 4 is 22.4 Å². The summed E-state index contributed by atoms with van der Waals surface area (Å²) in [5.74, 6) is -0.333. The van der Waals surface area contributed by atoms with E-state index < -0.39 is 0 Å². The number of thiazole rings is 1. The summed E-state index contributed by atoms with van der Waals surface area (Å²) in [6, 6.07) is 10.4. The molecule has 1 N–H and O–H groups in total. The van der Waals surface area contributed by atoms with Crippen LogP contribution in [0.4, 0.5) is 5.13 Å². The molecule has 4 nitrogen and oxygen atoms in total. The molecule has 0 saturated heterocycles. The van der Waals surface area contributed by atoms with E-state index in [0.29, 0.717) is 10.6 Å². The van der Waals surface area contributed by atoms with E-state index in [2.05, 4.69) is 29.4 Å². The Morgan fingerprint density at radius 1 is 1.40 bits per heavy atom. The Bertz CT molecular complexity index is 581. The molecule has 0 saturated carbocycles. The maximum Gasteiger partial charge on any atom is 0.350 e. The van der Waals surface area contributed by atoms with Crippen molar-refractivity contribution in [1.29, 1.82) is 0 Å². The van der Waals surface area contributed by atoms with E-state index in [1.54, 1.807) is 0 Å². The minimum Gasteiger partial charge on any atom is -0.465 e. The predicted octanol–water partition coefficient (Wildman–Crippen LogP) is 3.80. The van der Waals surface area contributed by atoms with Crippen molar-refractivity contribution in [2.75, 3.05) is 12.4 Å². The number of esters is 1. The first-order valence-electron chi connectivity index (χ1n) is 6.53. The van der Waals surface area contributed by atoms with Gasteiger partial charge in [-0.2, -0.15) is 0 Å². The fourth-order valence-corrected chi connectivity index (χ4v) is 2.93. The van der Waals surface area contributed by atoms with E-state index in [1.165, 1.54) is 24.0 Å². The first-order valence-corrected chi connectivity index (χ1v) is 7.34. The fraction of sp³-hybridized carbons (Fsp3) is 0.333. The first-order chi connectivity index (χ1) is 9.65. The summed E-state index contributed by atoms with van der Waals surface area (Å²) in [4.78, 5) is 16.5. The normalized spacial score (nSPS) is 11.9. The number of hydrogen-bond donors (Lipinski definition) is 1. The first kappa shape index (κ1) is 14.5. The van der Waals surface area contributed by atoms with Gasteiger partial charge in [-0.3, -0.25) is 0 Å². The third-order valence-corrected chi connectivity index (χ3v) is 4.14. The van der Waals surface area contributed by atoms with Gasteiger partial charge in [0.25, 0.3) is 0 Å². The molecule has 0 aliphatic heterocycles. The van der Waals surface area contributed by atoms with Gasteiger partial charge in [-0.05, 0) is 18.9 Å². The Balaban J connectivity index is 2.18. The van der Waals surface area contributed by atoms with Gasteiger partial charge >= 0.3 is 5.97 Å². The van der Waals surface area contributed by atoms with Crippen molar-refractivity contribution in [3.8, 4) is 0 Å². The zero-order valence-corrected chi connectivity index (χ0v) is 12.7. The van der Waals surface area contributed by atoms with Crippen LogP contribution in [0.15, 0.2) is 30.3 Å². The van der Waals surface area contributed by atoms with Crippen LogP contribution in [-0.4, -0.2) is 18.1 Å². The second kappa shape index (κ2) is 6.52. The smallest absolute Gasteiger partial charge is 0.350 e. The number of hydrogen-bond acceptors (Lipinski definition) is 5. The maximum atomic E-state index is 11.6. The van der Waals surface area contributed by atoms with Gasteiger partial charge in [0.1, 0.15) is 4.88 Å². The Morgan fingerprint density at radius 3 is 2.70 bits per heavy atom. The Labute approximate surface area is 122 Å². The lowest BCUT2D eigenvalue weighted by atomic mass is 10.1. The number of nitrogens with one attached hydrogen (secondary N) is 1. The molecule has 0 fully saturated rings. The molecule has 1 atom stereocenters. The molecule has 20 heavy (non-hydrogen) atoms. The molecule has 2 aromatic rings. The highest BCUT2D eigenvalue weighted by molar-refractivity contribution is 7.17. The number of carbonyl (C=O) groups is 1. The molecule has 106 valence electrons. The highest BCUT2D eigenvalue weighted by atomic mass is 32.1. The lowest BCUT2D eigenvalue weighted by Crippen LogP contribution is -2.09. The molecule has 0 aliphatic carbocycles. The second-order valence-electron chi connectivity index (χ2n) is 4.44. The van der Waals surface area contributed by atoms with Gasteiger partial charge in [-0.25, -0.2) is 9.78 Å². The number of aryl methyl sites for hydroxylation is 1. The summed E-state index contributed by atoms with van der Waals surface area (Å²) in [7, 11) is 1.38. The monoisotopic (exact) mass is 290 g/mol. The van der Waals surface area contributed by atoms with Crippen molar-refractivity contribution in [2.45, 2.75) is 26.3 Å². The largest absolute Gasteiger partial charge is 0.465 e. The van der Waals surface area contributed by atoms with E-state index in [9.17, 15) is 4.79 Å². The molecule has 0 aliphatic rings. The van der Waals surface area contributed by atoms with Gasteiger partial charge in [0.2, 0.25) is 0 Å². The van der Waals surface area contributed by atoms with Gasteiger partial charge in [-0.1, -0.05) is 48.6 Å². The van der Waals surface area contributed by atoms with E-state index in [-0.39, 0.29) is 12.0 Å². The number of rotatable bonds is 5. The van der Waals surface area contributed by atoms with Gasteiger partial charge in [-0.15, -0.1) is 0 Å². The standard InChI is InChI=1S/C15H18N2O2S/c1-4-12(11-8-6-5-7-9-11)17-15-16-10(2)13(20-15)14(18)19-3/h5-9,12H,4H2,1-3H3,(H,16,17). The molecule has 1 aromatic carbocycles. The summed E-state index contributed by atoms with van der Waals surface area (Å²) < 4.78 is 4.75. The zero-order valence-electron chi connectivity index (χ0n) is 11.8. The topological polar surface area (TPSA) is 51.2 Å². The second-order valence-corrected chi connectivity index (χ2v) is 5.44. The van der Waals surface area contributed by atoms with Crippen LogP contribution in [0.3, 0.4) is 0 Å². The molecular formula is C15H18N2O2S. The van der Waals surface area contributed by atoms with E-state index in [0.717, 1.165) is 11.6 Å². The summed E-state index contributed by atoms with van der Waals surface area (Å²) in [5.41, 5.74) is 1.91. The summed E-state index contributed by atoms with van der Waals surface area (Å²) in [5, 5.41) is 4.13. The number of carbonyl (C=O) groups excluding carboxylic acids is 1. The Hall–Kier alpha value is -1.88. The maximum absolute atomic E-state index is 11.6. The van der Waals surface area contributed by atoms with Crippen LogP contribution in [0.2, 0.25) is 0 Å². The summed E-state index contributed by atoms with van der Waals surface area (Å²) >= 11 is 1.33. The fourth-order valence-electron chi connectivity index (χ4n) is 2.00. The van der Waals surface area contributed by atoms with Crippen LogP contribution in [0.5, 0.6) is 0 Å². The lowest BCUT2D eigenvalue weighted by molar-refractivity contribution is 0.0605.